The average molecular weight is 195 g/mol. The van der Waals surface area contributed by atoms with Crippen molar-refractivity contribution in [1.82, 2.24) is 9.99 Å². The van der Waals surface area contributed by atoms with Gasteiger partial charge in [0.1, 0.15) is 5.82 Å². The Balaban J connectivity index is 2.94. The minimum absolute atomic E-state index is 0.231. The van der Waals surface area contributed by atoms with Crippen molar-refractivity contribution in [2.45, 2.75) is 6.92 Å². The predicted octanol–water partition coefficient (Wildman–Crippen LogP) is 0.977. The Morgan fingerprint density at radius 3 is 2.57 bits per heavy atom. The number of carboxylic acid groups (broad SMARTS) is 1. The fourth-order valence-electron chi connectivity index (χ4n) is 1.08. The van der Waals surface area contributed by atoms with Crippen LogP contribution in [0, 0.1) is 6.92 Å². The third-order valence-electron chi connectivity index (χ3n) is 1.65. The van der Waals surface area contributed by atoms with Gasteiger partial charge in [-0.3, -0.25) is 0 Å². The standard InChI is InChI=1S/C9H13N3O2/c1-6-7(9(13)14)4-5-8(10-6)11-12(2)3/h4-5H,1-3H3,(H,10,11)(H,13,14). The predicted molar refractivity (Wildman–Crippen MR) is 53.2 cm³/mol. The van der Waals surface area contributed by atoms with Crippen LogP contribution < -0.4 is 5.43 Å². The molecule has 5 heteroatoms. The summed E-state index contributed by atoms with van der Waals surface area (Å²) < 4.78 is 0. The Morgan fingerprint density at radius 1 is 1.50 bits per heavy atom. The molecule has 76 valence electrons. The number of carbonyl (C=O) groups is 1. The summed E-state index contributed by atoms with van der Waals surface area (Å²) in [5, 5.41) is 10.5. The lowest BCUT2D eigenvalue weighted by Gasteiger charge is -2.13. The number of rotatable bonds is 3. The molecule has 1 rings (SSSR count). The Labute approximate surface area is 82.3 Å². The van der Waals surface area contributed by atoms with Gasteiger partial charge in [0.25, 0.3) is 0 Å². The second-order valence-corrected chi connectivity index (χ2v) is 3.14. The molecule has 0 aromatic carbocycles. The Kier molecular flexibility index (Phi) is 3.03. The molecule has 1 aromatic heterocycles. The number of hydrazine groups is 1. The molecule has 0 saturated heterocycles. The van der Waals surface area contributed by atoms with Crippen LogP contribution in [0.1, 0.15) is 16.1 Å². The monoisotopic (exact) mass is 195 g/mol. The van der Waals surface area contributed by atoms with Gasteiger partial charge in [-0.15, -0.1) is 0 Å². The molecule has 0 bridgehead atoms. The van der Waals surface area contributed by atoms with E-state index >= 15 is 0 Å². The van der Waals surface area contributed by atoms with E-state index in [4.69, 9.17) is 5.11 Å². The largest absolute Gasteiger partial charge is 0.478 e. The molecule has 2 N–H and O–H groups in total. The topological polar surface area (TPSA) is 65.5 Å². The highest BCUT2D eigenvalue weighted by Gasteiger charge is 2.08. The number of carboxylic acids is 1. The van der Waals surface area contributed by atoms with Crippen LogP contribution in [-0.2, 0) is 0 Å². The number of anilines is 1. The molecule has 0 radical (unpaired) electrons. The van der Waals surface area contributed by atoms with Gasteiger partial charge in [0.05, 0.1) is 11.3 Å². The Hall–Kier alpha value is -1.62. The first-order valence-corrected chi connectivity index (χ1v) is 4.15. The maximum absolute atomic E-state index is 10.7. The number of pyridine rings is 1. The van der Waals surface area contributed by atoms with Gasteiger partial charge in [0.15, 0.2) is 0 Å². The van der Waals surface area contributed by atoms with Crippen molar-refractivity contribution >= 4 is 11.8 Å². The maximum Gasteiger partial charge on any atom is 0.337 e. The summed E-state index contributed by atoms with van der Waals surface area (Å²) in [6.45, 7) is 1.67. The van der Waals surface area contributed by atoms with Crippen molar-refractivity contribution < 1.29 is 9.90 Å². The zero-order chi connectivity index (χ0) is 10.7. The lowest BCUT2D eigenvalue weighted by atomic mass is 10.2. The lowest BCUT2D eigenvalue weighted by molar-refractivity contribution is 0.0695. The SMILES string of the molecule is Cc1nc(NN(C)C)ccc1C(=O)O. The summed E-state index contributed by atoms with van der Waals surface area (Å²) in [4.78, 5) is 14.8. The second kappa shape index (κ2) is 4.06. The quantitative estimate of drug-likeness (QED) is 0.704. The van der Waals surface area contributed by atoms with Crippen molar-refractivity contribution in [3.8, 4) is 0 Å². The molecule has 0 fully saturated rings. The van der Waals surface area contributed by atoms with Crippen LogP contribution >= 0.6 is 0 Å². The molecular formula is C9H13N3O2. The molecule has 0 atom stereocenters. The van der Waals surface area contributed by atoms with E-state index in [0.29, 0.717) is 11.5 Å². The molecule has 0 saturated carbocycles. The van der Waals surface area contributed by atoms with E-state index in [1.807, 2.05) is 14.1 Å². The zero-order valence-corrected chi connectivity index (χ0v) is 8.40. The van der Waals surface area contributed by atoms with Gasteiger partial charge in [-0.25, -0.2) is 14.8 Å². The number of aromatic carboxylic acids is 1. The van der Waals surface area contributed by atoms with E-state index < -0.39 is 5.97 Å². The van der Waals surface area contributed by atoms with Crippen molar-refractivity contribution in [3.63, 3.8) is 0 Å². The van der Waals surface area contributed by atoms with E-state index in [0.717, 1.165) is 0 Å². The third kappa shape index (κ3) is 2.43. The van der Waals surface area contributed by atoms with Crippen molar-refractivity contribution in [3.05, 3.63) is 23.4 Å². The van der Waals surface area contributed by atoms with Gasteiger partial charge in [-0.05, 0) is 19.1 Å². The number of hydrogen-bond acceptors (Lipinski definition) is 4. The van der Waals surface area contributed by atoms with Crippen LogP contribution in [0.15, 0.2) is 12.1 Å². The summed E-state index contributed by atoms with van der Waals surface area (Å²) in [5.74, 6) is -0.316. The lowest BCUT2D eigenvalue weighted by Crippen LogP contribution is -2.20. The minimum Gasteiger partial charge on any atom is -0.478 e. The van der Waals surface area contributed by atoms with Crippen molar-refractivity contribution in [1.29, 1.82) is 0 Å². The summed E-state index contributed by atoms with van der Waals surface area (Å²) >= 11 is 0. The van der Waals surface area contributed by atoms with Crippen LogP contribution in [0.2, 0.25) is 0 Å². The van der Waals surface area contributed by atoms with Crippen LogP contribution in [0.3, 0.4) is 0 Å². The van der Waals surface area contributed by atoms with Gasteiger partial charge >= 0.3 is 5.97 Å². The first-order chi connectivity index (χ1) is 6.50. The molecule has 0 aliphatic carbocycles. The van der Waals surface area contributed by atoms with E-state index in [2.05, 4.69) is 10.4 Å². The van der Waals surface area contributed by atoms with Gasteiger partial charge in [-0.2, -0.15) is 0 Å². The van der Waals surface area contributed by atoms with E-state index in [1.165, 1.54) is 6.07 Å². The third-order valence-corrected chi connectivity index (χ3v) is 1.65. The number of hydrogen-bond donors (Lipinski definition) is 2. The van der Waals surface area contributed by atoms with Crippen LogP contribution in [-0.4, -0.2) is 35.2 Å². The van der Waals surface area contributed by atoms with Crippen LogP contribution in [0.25, 0.3) is 0 Å². The molecule has 0 spiro atoms. The first-order valence-electron chi connectivity index (χ1n) is 4.15. The van der Waals surface area contributed by atoms with Gasteiger partial charge < -0.3 is 10.5 Å². The molecule has 1 heterocycles. The highest BCUT2D eigenvalue weighted by molar-refractivity contribution is 5.88. The zero-order valence-electron chi connectivity index (χ0n) is 8.40. The molecule has 0 unspecified atom stereocenters. The fourth-order valence-corrected chi connectivity index (χ4v) is 1.08. The average Bonchev–Trinajstić information content (AvgIpc) is 2.01. The second-order valence-electron chi connectivity index (χ2n) is 3.14. The van der Waals surface area contributed by atoms with Crippen LogP contribution in [0.5, 0.6) is 0 Å². The summed E-state index contributed by atoms with van der Waals surface area (Å²) in [5.41, 5.74) is 3.68. The van der Waals surface area contributed by atoms with E-state index in [-0.39, 0.29) is 5.56 Å². The molecule has 0 amide bonds. The highest BCUT2D eigenvalue weighted by Crippen LogP contribution is 2.10. The van der Waals surface area contributed by atoms with Crippen molar-refractivity contribution in [2.24, 2.45) is 0 Å². The molecule has 1 aromatic rings. The smallest absolute Gasteiger partial charge is 0.337 e. The number of aromatic nitrogens is 1. The van der Waals surface area contributed by atoms with E-state index in [9.17, 15) is 4.79 Å². The van der Waals surface area contributed by atoms with Crippen molar-refractivity contribution in [2.75, 3.05) is 19.5 Å². The van der Waals surface area contributed by atoms with Gasteiger partial charge in [-0.1, -0.05) is 0 Å². The number of aryl methyl sites for hydroxylation is 1. The maximum atomic E-state index is 10.7. The first kappa shape index (κ1) is 10.5. The Bertz CT molecular complexity index is 350. The normalized spacial score (nSPS) is 10.3. The molecule has 14 heavy (non-hydrogen) atoms. The van der Waals surface area contributed by atoms with Crippen LogP contribution in [0.4, 0.5) is 5.82 Å². The molecule has 0 aliphatic rings. The summed E-state index contributed by atoms with van der Waals surface area (Å²) in [6.07, 6.45) is 0. The fraction of sp³-hybridized carbons (Fsp3) is 0.333. The Morgan fingerprint density at radius 2 is 2.14 bits per heavy atom. The molecule has 5 nitrogen and oxygen atoms in total. The summed E-state index contributed by atoms with van der Waals surface area (Å²) in [6, 6.07) is 3.17. The minimum atomic E-state index is -0.952. The van der Waals surface area contributed by atoms with Gasteiger partial charge in [0.2, 0.25) is 0 Å². The van der Waals surface area contributed by atoms with E-state index in [1.54, 1.807) is 18.0 Å². The molecule has 0 aliphatic heterocycles. The highest BCUT2D eigenvalue weighted by atomic mass is 16.4. The molecular weight excluding hydrogens is 182 g/mol. The van der Waals surface area contributed by atoms with Gasteiger partial charge in [0, 0.05) is 14.1 Å². The number of nitrogens with zero attached hydrogens (tertiary/aromatic N) is 2. The summed E-state index contributed by atoms with van der Waals surface area (Å²) in [7, 11) is 3.67. The number of nitrogens with one attached hydrogen (secondary N) is 1.